The maximum Gasteiger partial charge on any atom is 0.258 e. The van der Waals surface area contributed by atoms with Crippen LogP contribution in [-0.4, -0.2) is 35.7 Å². The largest absolute Gasteiger partial charge is 0.348 e. The lowest BCUT2D eigenvalue weighted by molar-refractivity contribution is 0.0878. The summed E-state index contributed by atoms with van der Waals surface area (Å²) in [5, 5.41) is 5.18. The fourth-order valence-corrected chi connectivity index (χ4v) is 3.93. The normalized spacial score (nSPS) is 17.1. The summed E-state index contributed by atoms with van der Waals surface area (Å²) in [4.78, 5) is 38.5. The van der Waals surface area contributed by atoms with Crippen LogP contribution < -0.4 is 10.6 Å². The molecule has 6 heteroatoms. The lowest BCUT2D eigenvalue weighted by Gasteiger charge is -2.30. The number of benzene rings is 2. The van der Waals surface area contributed by atoms with E-state index >= 15 is 0 Å². The zero-order chi connectivity index (χ0) is 20.4. The number of hydrogen-bond acceptors (Lipinski definition) is 4. The predicted molar refractivity (Wildman–Crippen MR) is 110 cm³/mol. The van der Waals surface area contributed by atoms with Gasteiger partial charge in [-0.3, -0.25) is 24.6 Å². The molecule has 150 valence electrons. The highest BCUT2D eigenvalue weighted by Gasteiger charge is 2.27. The van der Waals surface area contributed by atoms with Crippen molar-refractivity contribution in [2.75, 3.05) is 13.1 Å². The van der Waals surface area contributed by atoms with Crippen LogP contribution in [0.15, 0.2) is 42.5 Å². The van der Waals surface area contributed by atoms with E-state index < -0.39 is 11.8 Å². The van der Waals surface area contributed by atoms with Gasteiger partial charge in [0.15, 0.2) is 0 Å². The van der Waals surface area contributed by atoms with Gasteiger partial charge < -0.3 is 5.32 Å². The van der Waals surface area contributed by atoms with Crippen LogP contribution in [0.1, 0.15) is 62.0 Å². The Bertz CT molecular complexity index is 962. The Morgan fingerprint density at radius 2 is 1.72 bits per heavy atom. The summed E-state index contributed by atoms with van der Waals surface area (Å²) < 4.78 is 0. The minimum absolute atomic E-state index is 0.252. The minimum atomic E-state index is -0.458. The van der Waals surface area contributed by atoms with Crippen molar-refractivity contribution in [1.29, 1.82) is 0 Å². The Morgan fingerprint density at radius 1 is 1.03 bits per heavy atom. The van der Waals surface area contributed by atoms with Crippen LogP contribution in [0.25, 0.3) is 0 Å². The summed E-state index contributed by atoms with van der Waals surface area (Å²) in [5.74, 6) is -0.342. The highest BCUT2D eigenvalue weighted by atomic mass is 16.2. The van der Waals surface area contributed by atoms with Gasteiger partial charge in [0.1, 0.15) is 0 Å². The Balaban J connectivity index is 1.42. The van der Waals surface area contributed by atoms with E-state index in [0.29, 0.717) is 17.7 Å². The standard InChI is InChI=1S/C23H25N3O3/c1-15-8-10-26(11-9-15)14-18-5-3-2-4-17(18)13-24-21(27)16-6-7-19-20(12-16)23(29)25-22(19)28/h2-7,12,15H,8-11,13-14H2,1H3,(H,24,27)(H,25,28,29). The second-order valence-corrected chi connectivity index (χ2v) is 7.95. The van der Waals surface area contributed by atoms with E-state index in [0.717, 1.165) is 31.1 Å². The van der Waals surface area contributed by atoms with Gasteiger partial charge in [-0.15, -0.1) is 0 Å². The van der Waals surface area contributed by atoms with Gasteiger partial charge >= 0.3 is 0 Å². The van der Waals surface area contributed by atoms with Crippen molar-refractivity contribution in [3.05, 3.63) is 70.3 Å². The van der Waals surface area contributed by atoms with Crippen molar-refractivity contribution in [2.45, 2.75) is 32.9 Å². The molecule has 2 N–H and O–H groups in total. The first kappa shape index (κ1) is 19.3. The van der Waals surface area contributed by atoms with Crippen molar-refractivity contribution < 1.29 is 14.4 Å². The predicted octanol–water partition coefficient (Wildman–Crippen LogP) is 2.73. The number of carbonyl (C=O) groups excluding carboxylic acids is 3. The molecule has 0 aromatic heterocycles. The third kappa shape index (κ3) is 4.22. The molecule has 0 radical (unpaired) electrons. The molecule has 0 spiro atoms. The molecule has 1 saturated heterocycles. The van der Waals surface area contributed by atoms with Gasteiger partial charge in [-0.25, -0.2) is 0 Å². The number of hydrogen-bond donors (Lipinski definition) is 2. The number of fused-ring (bicyclic) bond motifs is 1. The summed E-state index contributed by atoms with van der Waals surface area (Å²) in [6, 6.07) is 12.7. The second-order valence-electron chi connectivity index (χ2n) is 7.95. The van der Waals surface area contributed by atoms with E-state index in [1.165, 1.54) is 30.5 Å². The zero-order valence-corrected chi connectivity index (χ0v) is 16.5. The van der Waals surface area contributed by atoms with E-state index in [1.54, 1.807) is 6.07 Å². The Hall–Kier alpha value is -2.99. The zero-order valence-electron chi connectivity index (χ0n) is 16.5. The monoisotopic (exact) mass is 391 g/mol. The molecule has 2 heterocycles. The lowest BCUT2D eigenvalue weighted by atomic mass is 9.98. The molecule has 2 aliphatic rings. The molecule has 2 aromatic rings. The SMILES string of the molecule is CC1CCN(Cc2ccccc2CNC(=O)c2ccc3c(c2)C(=O)NC3=O)CC1. The van der Waals surface area contributed by atoms with Crippen LogP contribution in [0.3, 0.4) is 0 Å². The molecule has 0 bridgehead atoms. The van der Waals surface area contributed by atoms with E-state index in [9.17, 15) is 14.4 Å². The second kappa shape index (κ2) is 8.17. The number of likely N-dealkylation sites (tertiary alicyclic amines) is 1. The van der Waals surface area contributed by atoms with Crippen molar-refractivity contribution in [2.24, 2.45) is 5.92 Å². The average molecular weight is 391 g/mol. The highest BCUT2D eigenvalue weighted by Crippen LogP contribution is 2.20. The molecule has 0 atom stereocenters. The quantitative estimate of drug-likeness (QED) is 0.769. The third-order valence-electron chi connectivity index (χ3n) is 5.83. The van der Waals surface area contributed by atoms with Crippen LogP contribution in [-0.2, 0) is 13.1 Å². The molecule has 0 saturated carbocycles. The fraction of sp³-hybridized carbons (Fsp3) is 0.348. The van der Waals surface area contributed by atoms with Crippen LogP contribution in [0.4, 0.5) is 0 Å². The van der Waals surface area contributed by atoms with Crippen molar-refractivity contribution in [3.63, 3.8) is 0 Å². The van der Waals surface area contributed by atoms with Gasteiger partial charge in [0.05, 0.1) is 11.1 Å². The summed E-state index contributed by atoms with van der Waals surface area (Å²) in [7, 11) is 0. The fourth-order valence-electron chi connectivity index (χ4n) is 3.93. The van der Waals surface area contributed by atoms with E-state index in [2.05, 4.69) is 28.5 Å². The summed E-state index contributed by atoms with van der Waals surface area (Å²) in [6.45, 7) is 5.83. The highest BCUT2D eigenvalue weighted by molar-refractivity contribution is 6.22. The number of piperidine rings is 1. The lowest BCUT2D eigenvalue weighted by Crippen LogP contribution is -2.33. The molecular weight excluding hydrogens is 366 g/mol. The van der Waals surface area contributed by atoms with Gasteiger partial charge in [-0.05, 0) is 61.2 Å². The Morgan fingerprint density at radius 3 is 2.48 bits per heavy atom. The number of carbonyl (C=O) groups is 3. The summed E-state index contributed by atoms with van der Waals surface area (Å²) >= 11 is 0. The van der Waals surface area contributed by atoms with Crippen LogP contribution >= 0.6 is 0 Å². The van der Waals surface area contributed by atoms with E-state index in [1.807, 2.05) is 18.2 Å². The van der Waals surface area contributed by atoms with Crippen molar-refractivity contribution in [1.82, 2.24) is 15.5 Å². The first-order chi connectivity index (χ1) is 14.0. The number of amides is 3. The van der Waals surface area contributed by atoms with Gasteiger partial charge in [0, 0.05) is 18.7 Å². The Labute approximate surface area is 170 Å². The molecule has 0 aliphatic carbocycles. The van der Waals surface area contributed by atoms with E-state index in [4.69, 9.17) is 0 Å². The topological polar surface area (TPSA) is 78.5 Å². The molecular formula is C23H25N3O3. The molecule has 4 rings (SSSR count). The maximum absolute atomic E-state index is 12.6. The number of rotatable bonds is 5. The smallest absolute Gasteiger partial charge is 0.258 e. The molecule has 6 nitrogen and oxygen atoms in total. The van der Waals surface area contributed by atoms with Crippen LogP contribution in [0.2, 0.25) is 0 Å². The number of imide groups is 1. The first-order valence-corrected chi connectivity index (χ1v) is 10.1. The van der Waals surface area contributed by atoms with Crippen molar-refractivity contribution >= 4 is 17.7 Å². The van der Waals surface area contributed by atoms with E-state index in [-0.39, 0.29) is 11.5 Å². The minimum Gasteiger partial charge on any atom is -0.348 e. The number of nitrogens with zero attached hydrogens (tertiary/aromatic N) is 1. The number of nitrogens with one attached hydrogen (secondary N) is 2. The van der Waals surface area contributed by atoms with Gasteiger partial charge in [-0.2, -0.15) is 0 Å². The van der Waals surface area contributed by atoms with Gasteiger partial charge in [0.2, 0.25) is 0 Å². The molecule has 3 amide bonds. The maximum atomic E-state index is 12.6. The first-order valence-electron chi connectivity index (χ1n) is 10.1. The third-order valence-corrected chi connectivity index (χ3v) is 5.83. The Kier molecular flexibility index (Phi) is 5.45. The van der Waals surface area contributed by atoms with Gasteiger partial charge in [0.25, 0.3) is 17.7 Å². The average Bonchev–Trinajstić information content (AvgIpc) is 3.02. The molecule has 0 unspecified atom stereocenters. The summed E-state index contributed by atoms with van der Waals surface area (Å²) in [6.07, 6.45) is 2.46. The molecule has 29 heavy (non-hydrogen) atoms. The summed E-state index contributed by atoms with van der Waals surface area (Å²) in [5.41, 5.74) is 3.25. The van der Waals surface area contributed by atoms with Gasteiger partial charge in [-0.1, -0.05) is 31.2 Å². The molecule has 2 aliphatic heterocycles. The van der Waals surface area contributed by atoms with Crippen molar-refractivity contribution in [3.8, 4) is 0 Å². The van der Waals surface area contributed by atoms with Crippen LogP contribution in [0, 0.1) is 5.92 Å². The molecule has 1 fully saturated rings. The van der Waals surface area contributed by atoms with Crippen LogP contribution in [0.5, 0.6) is 0 Å². The molecule has 2 aromatic carbocycles.